The zero-order valence-electron chi connectivity index (χ0n) is 9.08. The highest BCUT2D eigenvalue weighted by molar-refractivity contribution is 6.00. The van der Waals surface area contributed by atoms with Gasteiger partial charge in [-0.05, 0) is 35.4 Å². The highest BCUT2D eigenvalue weighted by Gasteiger charge is 2.00. The predicted octanol–water partition coefficient (Wildman–Crippen LogP) is 0.555. The summed E-state index contributed by atoms with van der Waals surface area (Å²) >= 11 is 0. The number of H-pyrrole nitrogens is 1. The van der Waals surface area contributed by atoms with Gasteiger partial charge in [-0.15, -0.1) is 5.10 Å². The van der Waals surface area contributed by atoms with Gasteiger partial charge in [-0.2, -0.15) is 5.21 Å². The molecule has 0 aromatic carbocycles. The van der Waals surface area contributed by atoms with Crippen molar-refractivity contribution in [2.24, 2.45) is 0 Å². The molecule has 2 rings (SSSR count). The molecule has 2 aromatic heterocycles. The molecule has 0 atom stereocenters. The first-order chi connectivity index (χ1) is 8.24. The summed E-state index contributed by atoms with van der Waals surface area (Å²) in [5.41, 5.74) is 1.89. The average molecular weight is 230 g/mol. The molecule has 0 saturated heterocycles. The summed E-state index contributed by atoms with van der Waals surface area (Å²) in [5, 5.41) is 15.2. The fraction of sp³-hybridized carbons (Fsp3) is 0.100. The van der Waals surface area contributed by atoms with Crippen LogP contribution < -0.4 is 5.32 Å². The molecular weight excluding hydrogens is 220 g/mol. The van der Waals surface area contributed by atoms with Crippen molar-refractivity contribution in [1.82, 2.24) is 25.6 Å². The Bertz CT molecular complexity index is 533. The highest BCUT2D eigenvalue weighted by atomic mass is 16.1. The maximum Gasteiger partial charge on any atom is 0.270 e. The number of carbonyl (C=O) groups is 1. The van der Waals surface area contributed by atoms with E-state index < -0.39 is 0 Å². The first-order valence-electron chi connectivity index (χ1n) is 4.88. The zero-order chi connectivity index (χ0) is 12.1. The second kappa shape index (κ2) is 4.97. The Morgan fingerprint density at radius 1 is 1.47 bits per heavy atom. The molecule has 2 heterocycles. The van der Waals surface area contributed by atoms with E-state index in [1.165, 1.54) is 6.08 Å². The van der Waals surface area contributed by atoms with Crippen LogP contribution >= 0.6 is 0 Å². The lowest BCUT2D eigenvalue weighted by Crippen LogP contribution is -2.09. The van der Waals surface area contributed by atoms with E-state index in [2.05, 4.69) is 30.9 Å². The molecule has 2 N–H and O–H groups in total. The van der Waals surface area contributed by atoms with Gasteiger partial charge in [0.05, 0.1) is 0 Å². The Morgan fingerprint density at radius 3 is 3.06 bits per heavy atom. The van der Waals surface area contributed by atoms with Crippen LogP contribution in [0.5, 0.6) is 0 Å². The van der Waals surface area contributed by atoms with Crippen LogP contribution in [0.1, 0.15) is 11.1 Å². The SMILES string of the molecule is Cc1cncc(C=CC(=O)Nc2nn[nH]n2)c1. The van der Waals surface area contributed by atoms with Crippen molar-refractivity contribution in [3.63, 3.8) is 0 Å². The number of amides is 1. The fourth-order valence-electron chi connectivity index (χ4n) is 1.21. The fourth-order valence-corrected chi connectivity index (χ4v) is 1.21. The lowest BCUT2D eigenvalue weighted by Gasteiger charge is -1.95. The van der Waals surface area contributed by atoms with Crippen LogP contribution in [0.4, 0.5) is 5.95 Å². The van der Waals surface area contributed by atoms with Crippen LogP contribution in [-0.4, -0.2) is 31.5 Å². The van der Waals surface area contributed by atoms with E-state index >= 15 is 0 Å². The Hall–Kier alpha value is -2.57. The Morgan fingerprint density at radius 2 is 2.35 bits per heavy atom. The summed E-state index contributed by atoms with van der Waals surface area (Å²) in [6.07, 6.45) is 6.46. The number of nitrogens with one attached hydrogen (secondary N) is 2. The van der Waals surface area contributed by atoms with E-state index in [1.807, 2.05) is 13.0 Å². The number of tetrazole rings is 1. The second-order valence-corrected chi connectivity index (χ2v) is 3.35. The van der Waals surface area contributed by atoms with Crippen molar-refractivity contribution in [1.29, 1.82) is 0 Å². The lowest BCUT2D eigenvalue weighted by molar-refractivity contribution is -0.111. The normalized spacial score (nSPS) is 10.6. The molecule has 2 aromatic rings. The van der Waals surface area contributed by atoms with Gasteiger partial charge < -0.3 is 0 Å². The summed E-state index contributed by atoms with van der Waals surface area (Å²) in [4.78, 5) is 15.4. The van der Waals surface area contributed by atoms with E-state index in [4.69, 9.17) is 0 Å². The predicted molar refractivity (Wildman–Crippen MR) is 60.8 cm³/mol. The van der Waals surface area contributed by atoms with Crippen molar-refractivity contribution < 1.29 is 4.79 Å². The number of aromatic amines is 1. The van der Waals surface area contributed by atoms with E-state index in [-0.39, 0.29) is 11.9 Å². The Balaban J connectivity index is 1.99. The molecule has 7 heteroatoms. The molecule has 0 aliphatic carbocycles. The number of pyridine rings is 1. The lowest BCUT2D eigenvalue weighted by atomic mass is 10.2. The Kier molecular flexibility index (Phi) is 3.20. The van der Waals surface area contributed by atoms with Gasteiger partial charge in [-0.1, -0.05) is 5.10 Å². The molecule has 86 valence electrons. The van der Waals surface area contributed by atoms with Crippen molar-refractivity contribution in [2.75, 3.05) is 5.32 Å². The van der Waals surface area contributed by atoms with Crippen LogP contribution in [0.15, 0.2) is 24.5 Å². The largest absolute Gasteiger partial charge is 0.288 e. The summed E-state index contributed by atoms with van der Waals surface area (Å²) in [6.45, 7) is 1.93. The monoisotopic (exact) mass is 230 g/mol. The Labute approximate surface area is 97.0 Å². The van der Waals surface area contributed by atoms with Crippen LogP contribution in [-0.2, 0) is 4.79 Å². The molecule has 0 fully saturated rings. The molecule has 0 radical (unpaired) electrons. The van der Waals surface area contributed by atoms with E-state index in [9.17, 15) is 4.79 Å². The molecular formula is C10H10N6O. The van der Waals surface area contributed by atoms with E-state index in [1.54, 1.807) is 18.5 Å². The van der Waals surface area contributed by atoms with Gasteiger partial charge in [-0.25, -0.2) is 0 Å². The number of aromatic nitrogens is 5. The third kappa shape index (κ3) is 3.20. The van der Waals surface area contributed by atoms with Gasteiger partial charge in [-0.3, -0.25) is 15.1 Å². The number of nitrogens with zero attached hydrogens (tertiary/aromatic N) is 4. The average Bonchev–Trinajstić information content (AvgIpc) is 2.79. The van der Waals surface area contributed by atoms with Crippen LogP contribution in [0.2, 0.25) is 0 Å². The third-order valence-electron chi connectivity index (χ3n) is 1.90. The summed E-state index contributed by atoms with van der Waals surface area (Å²) in [7, 11) is 0. The van der Waals surface area contributed by atoms with Crippen molar-refractivity contribution in [3.05, 3.63) is 35.7 Å². The number of hydrogen-bond acceptors (Lipinski definition) is 5. The zero-order valence-corrected chi connectivity index (χ0v) is 9.08. The van der Waals surface area contributed by atoms with E-state index in [0.717, 1.165) is 11.1 Å². The van der Waals surface area contributed by atoms with Gasteiger partial charge in [0.15, 0.2) is 0 Å². The molecule has 1 amide bonds. The minimum absolute atomic E-state index is 0.141. The summed E-state index contributed by atoms with van der Waals surface area (Å²) < 4.78 is 0. The number of anilines is 1. The van der Waals surface area contributed by atoms with E-state index in [0.29, 0.717) is 0 Å². The molecule has 0 aliphatic rings. The second-order valence-electron chi connectivity index (χ2n) is 3.35. The minimum atomic E-state index is -0.326. The number of aryl methyl sites for hydroxylation is 1. The van der Waals surface area contributed by atoms with Gasteiger partial charge in [0, 0.05) is 18.5 Å². The topological polar surface area (TPSA) is 96.5 Å². The molecule has 0 unspecified atom stereocenters. The molecule has 0 aliphatic heterocycles. The molecule has 0 bridgehead atoms. The number of carbonyl (C=O) groups excluding carboxylic acids is 1. The van der Waals surface area contributed by atoms with Gasteiger partial charge in [0.1, 0.15) is 0 Å². The number of rotatable bonds is 3. The molecule has 0 spiro atoms. The van der Waals surface area contributed by atoms with Gasteiger partial charge >= 0.3 is 0 Å². The smallest absolute Gasteiger partial charge is 0.270 e. The molecule has 0 saturated carbocycles. The molecule has 7 nitrogen and oxygen atoms in total. The van der Waals surface area contributed by atoms with Crippen LogP contribution in [0.25, 0.3) is 6.08 Å². The summed E-state index contributed by atoms with van der Waals surface area (Å²) in [6, 6.07) is 1.92. The van der Waals surface area contributed by atoms with Gasteiger partial charge in [0.2, 0.25) is 0 Å². The molecule has 17 heavy (non-hydrogen) atoms. The third-order valence-corrected chi connectivity index (χ3v) is 1.90. The summed E-state index contributed by atoms with van der Waals surface area (Å²) in [5.74, 6) is -0.185. The first-order valence-corrected chi connectivity index (χ1v) is 4.88. The first kappa shape index (κ1) is 10.9. The van der Waals surface area contributed by atoms with Crippen molar-refractivity contribution in [3.8, 4) is 0 Å². The maximum absolute atomic E-state index is 11.4. The van der Waals surface area contributed by atoms with Crippen LogP contribution in [0, 0.1) is 6.92 Å². The minimum Gasteiger partial charge on any atom is -0.288 e. The van der Waals surface area contributed by atoms with Crippen LogP contribution in [0.3, 0.4) is 0 Å². The maximum atomic E-state index is 11.4. The standard InChI is InChI=1S/C10H10N6O/c1-7-4-8(6-11-5-7)2-3-9(17)12-10-13-15-16-14-10/h2-6H,1H3,(H2,12,13,14,15,16,17). The van der Waals surface area contributed by atoms with Crippen molar-refractivity contribution >= 4 is 17.9 Å². The highest BCUT2D eigenvalue weighted by Crippen LogP contribution is 2.03. The quantitative estimate of drug-likeness (QED) is 0.751. The van der Waals surface area contributed by atoms with Gasteiger partial charge in [0.25, 0.3) is 11.9 Å². The van der Waals surface area contributed by atoms with Crippen molar-refractivity contribution in [2.45, 2.75) is 6.92 Å². The number of hydrogen-bond donors (Lipinski definition) is 2.